The predicted octanol–water partition coefficient (Wildman–Crippen LogP) is 3.33. The van der Waals surface area contributed by atoms with Crippen molar-refractivity contribution in [1.82, 2.24) is 14.9 Å². The van der Waals surface area contributed by atoms with Crippen molar-refractivity contribution in [2.75, 3.05) is 44.4 Å². The van der Waals surface area contributed by atoms with E-state index in [0.717, 1.165) is 55.5 Å². The maximum Gasteiger partial charge on any atom is 0.163 e. The van der Waals surface area contributed by atoms with Gasteiger partial charge in [0.15, 0.2) is 5.82 Å². The zero-order valence-electron chi connectivity index (χ0n) is 14.3. The van der Waals surface area contributed by atoms with Crippen molar-refractivity contribution >= 4 is 11.6 Å². The highest BCUT2D eigenvalue weighted by molar-refractivity contribution is 5.61. The molecule has 1 aromatic heterocycles. The van der Waals surface area contributed by atoms with Crippen molar-refractivity contribution in [2.24, 2.45) is 0 Å². The summed E-state index contributed by atoms with van der Waals surface area (Å²) >= 11 is 0. The average molecular weight is 313 g/mol. The van der Waals surface area contributed by atoms with Crippen LogP contribution in [-0.2, 0) is 0 Å². The molecule has 0 amide bonds. The third kappa shape index (κ3) is 5.87. The van der Waals surface area contributed by atoms with Gasteiger partial charge in [0.05, 0.1) is 0 Å². The Bertz CT molecular complexity index is 583. The van der Waals surface area contributed by atoms with E-state index in [2.05, 4.69) is 46.5 Å². The van der Waals surface area contributed by atoms with Crippen molar-refractivity contribution in [3.05, 3.63) is 36.4 Å². The van der Waals surface area contributed by atoms with E-state index in [9.17, 15) is 0 Å². The van der Waals surface area contributed by atoms with Gasteiger partial charge in [-0.15, -0.1) is 0 Å². The third-order valence-corrected chi connectivity index (χ3v) is 3.46. The van der Waals surface area contributed by atoms with Gasteiger partial charge >= 0.3 is 0 Å². The van der Waals surface area contributed by atoms with E-state index in [1.54, 1.807) is 0 Å². The summed E-state index contributed by atoms with van der Waals surface area (Å²) in [5, 5.41) is 6.78. The lowest BCUT2D eigenvalue weighted by Crippen LogP contribution is -2.21. The monoisotopic (exact) mass is 313 g/mol. The largest absolute Gasteiger partial charge is 0.370 e. The van der Waals surface area contributed by atoms with Crippen LogP contribution in [0.4, 0.5) is 11.6 Å². The quantitative estimate of drug-likeness (QED) is 0.696. The first-order valence-corrected chi connectivity index (χ1v) is 8.26. The summed E-state index contributed by atoms with van der Waals surface area (Å²) in [7, 11) is 4.13. The van der Waals surface area contributed by atoms with Crippen molar-refractivity contribution < 1.29 is 0 Å². The van der Waals surface area contributed by atoms with Crippen LogP contribution in [0.2, 0.25) is 0 Å². The zero-order valence-corrected chi connectivity index (χ0v) is 14.3. The van der Waals surface area contributed by atoms with Crippen LogP contribution in [0.15, 0.2) is 36.4 Å². The zero-order chi connectivity index (χ0) is 16.5. The highest BCUT2D eigenvalue weighted by Crippen LogP contribution is 2.20. The molecule has 2 rings (SSSR count). The van der Waals surface area contributed by atoms with Crippen LogP contribution in [0.1, 0.15) is 19.8 Å². The van der Waals surface area contributed by atoms with Gasteiger partial charge in [0.25, 0.3) is 0 Å². The van der Waals surface area contributed by atoms with E-state index >= 15 is 0 Å². The molecule has 0 fully saturated rings. The summed E-state index contributed by atoms with van der Waals surface area (Å²) in [5.74, 6) is 2.49. The smallest absolute Gasteiger partial charge is 0.163 e. The number of nitrogens with zero attached hydrogens (tertiary/aromatic N) is 3. The molecule has 0 atom stereocenters. The summed E-state index contributed by atoms with van der Waals surface area (Å²) in [5.41, 5.74) is 1.03. The Balaban J connectivity index is 2.17. The Kier molecular flexibility index (Phi) is 6.81. The van der Waals surface area contributed by atoms with Crippen LogP contribution in [0, 0.1) is 0 Å². The molecule has 0 saturated carbocycles. The van der Waals surface area contributed by atoms with Crippen molar-refractivity contribution in [1.29, 1.82) is 0 Å². The van der Waals surface area contributed by atoms with E-state index in [-0.39, 0.29) is 0 Å². The van der Waals surface area contributed by atoms with Gasteiger partial charge in [-0.2, -0.15) is 0 Å². The molecule has 2 N–H and O–H groups in total. The fourth-order valence-electron chi connectivity index (χ4n) is 2.15. The summed E-state index contributed by atoms with van der Waals surface area (Å²) in [4.78, 5) is 11.4. The molecule has 124 valence electrons. The Morgan fingerprint density at radius 3 is 2.22 bits per heavy atom. The lowest BCUT2D eigenvalue weighted by molar-refractivity contribution is 0.425. The lowest BCUT2D eigenvalue weighted by atomic mass is 10.2. The SMILES string of the molecule is CCCCNc1cc(NCCN(C)C)nc(-c2ccccc2)n1. The molecule has 0 saturated heterocycles. The Hall–Kier alpha value is -2.14. The number of anilines is 2. The van der Waals surface area contributed by atoms with Crippen LogP contribution >= 0.6 is 0 Å². The minimum absolute atomic E-state index is 0.749. The fourth-order valence-corrected chi connectivity index (χ4v) is 2.15. The molecule has 0 radical (unpaired) electrons. The molecule has 5 nitrogen and oxygen atoms in total. The summed E-state index contributed by atoms with van der Waals surface area (Å²) in [6, 6.07) is 12.1. The predicted molar refractivity (Wildman–Crippen MR) is 97.9 cm³/mol. The van der Waals surface area contributed by atoms with Gasteiger partial charge in [-0.1, -0.05) is 43.7 Å². The normalized spacial score (nSPS) is 10.8. The number of likely N-dealkylation sites (N-methyl/N-ethyl adjacent to an activating group) is 1. The molecule has 2 aromatic rings. The van der Waals surface area contributed by atoms with E-state index in [0.29, 0.717) is 0 Å². The summed E-state index contributed by atoms with van der Waals surface area (Å²) in [6.45, 7) is 4.93. The first-order chi connectivity index (χ1) is 11.2. The van der Waals surface area contributed by atoms with Gasteiger partial charge in [0.1, 0.15) is 11.6 Å². The maximum absolute atomic E-state index is 4.65. The highest BCUT2D eigenvalue weighted by Gasteiger charge is 2.06. The van der Waals surface area contributed by atoms with Crippen LogP contribution in [0.5, 0.6) is 0 Å². The van der Waals surface area contributed by atoms with E-state index < -0.39 is 0 Å². The second kappa shape index (κ2) is 9.10. The average Bonchev–Trinajstić information content (AvgIpc) is 2.55. The Morgan fingerprint density at radius 1 is 0.957 bits per heavy atom. The molecule has 0 spiro atoms. The molecule has 1 aromatic carbocycles. The fraction of sp³-hybridized carbons (Fsp3) is 0.444. The van der Waals surface area contributed by atoms with Gasteiger partial charge in [-0.25, -0.2) is 9.97 Å². The van der Waals surface area contributed by atoms with Crippen LogP contribution in [-0.4, -0.2) is 48.6 Å². The molecule has 0 aliphatic carbocycles. The molecule has 0 aliphatic heterocycles. The van der Waals surface area contributed by atoms with E-state index in [1.165, 1.54) is 0 Å². The number of benzene rings is 1. The van der Waals surface area contributed by atoms with Gasteiger partial charge in [-0.05, 0) is 20.5 Å². The molecule has 0 aliphatic rings. The number of aromatic nitrogens is 2. The molecular weight excluding hydrogens is 286 g/mol. The highest BCUT2D eigenvalue weighted by atomic mass is 15.1. The van der Waals surface area contributed by atoms with Gasteiger partial charge in [-0.3, -0.25) is 0 Å². The number of rotatable bonds is 9. The van der Waals surface area contributed by atoms with Gasteiger partial charge in [0.2, 0.25) is 0 Å². The first kappa shape index (κ1) is 17.2. The topological polar surface area (TPSA) is 53.1 Å². The van der Waals surface area contributed by atoms with Crippen molar-refractivity contribution in [3.63, 3.8) is 0 Å². The Labute approximate surface area is 139 Å². The molecule has 1 heterocycles. The first-order valence-electron chi connectivity index (χ1n) is 8.26. The standard InChI is InChI=1S/C18H27N5/c1-4-5-11-19-16-14-17(20-12-13-23(2)3)22-18(21-16)15-9-7-6-8-10-15/h6-10,14H,4-5,11-13H2,1-3H3,(H2,19,20,21,22). The van der Waals surface area contributed by atoms with Crippen molar-refractivity contribution in [2.45, 2.75) is 19.8 Å². The number of hydrogen-bond acceptors (Lipinski definition) is 5. The molecule has 0 bridgehead atoms. The second-order valence-corrected chi connectivity index (χ2v) is 5.84. The number of hydrogen-bond donors (Lipinski definition) is 2. The minimum Gasteiger partial charge on any atom is -0.370 e. The van der Waals surface area contributed by atoms with E-state index in [1.807, 2.05) is 36.4 Å². The van der Waals surface area contributed by atoms with Crippen LogP contribution in [0.3, 0.4) is 0 Å². The van der Waals surface area contributed by atoms with Gasteiger partial charge < -0.3 is 15.5 Å². The summed E-state index contributed by atoms with van der Waals surface area (Å²) in [6.07, 6.45) is 2.30. The minimum atomic E-state index is 0.749. The van der Waals surface area contributed by atoms with Gasteiger partial charge in [0, 0.05) is 31.3 Å². The van der Waals surface area contributed by atoms with Crippen molar-refractivity contribution in [3.8, 4) is 11.4 Å². The molecular formula is C18H27N5. The second-order valence-electron chi connectivity index (χ2n) is 5.84. The molecule has 0 unspecified atom stereocenters. The van der Waals surface area contributed by atoms with E-state index in [4.69, 9.17) is 0 Å². The third-order valence-electron chi connectivity index (χ3n) is 3.46. The lowest BCUT2D eigenvalue weighted by Gasteiger charge is -2.13. The summed E-state index contributed by atoms with van der Waals surface area (Å²) < 4.78 is 0. The number of nitrogens with one attached hydrogen (secondary N) is 2. The van der Waals surface area contributed by atoms with Crippen LogP contribution < -0.4 is 10.6 Å². The molecule has 23 heavy (non-hydrogen) atoms. The Morgan fingerprint density at radius 2 is 1.61 bits per heavy atom. The maximum atomic E-state index is 4.65. The van der Waals surface area contributed by atoms with Crippen LogP contribution in [0.25, 0.3) is 11.4 Å². The molecule has 5 heteroatoms. The number of unbranched alkanes of at least 4 members (excludes halogenated alkanes) is 1.